The summed E-state index contributed by atoms with van der Waals surface area (Å²) in [4.78, 5) is 13.2. The zero-order valence-electron chi connectivity index (χ0n) is 10.7. The van der Waals surface area contributed by atoms with Crippen LogP contribution in [-0.2, 0) is 11.3 Å². The standard InChI is InChI=1S/C11H15IN4O2/c1-11(2,3)18-10(17)16(4)6-8-9(12)7(5-13)14-15-8/h6H2,1-4H3,(H,14,15). The van der Waals surface area contributed by atoms with E-state index < -0.39 is 11.7 Å². The fourth-order valence-corrected chi connectivity index (χ4v) is 1.72. The number of nitrogens with zero attached hydrogens (tertiary/aromatic N) is 3. The van der Waals surface area contributed by atoms with Gasteiger partial charge in [0.15, 0.2) is 5.69 Å². The van der Waals surface area contributed by atoms with Gasteiger partial charge in [-0.2, -0.15) is 10.4 Å². The average molecular weight is 362 g/mol. The first-order valence-electron chi connectivity index (χ1n) is 5.31. The molecular formula is C11H15IN4O2. The number of halogens is 1. The summed E-state index contributed by atoms with van der Waals surface area (Å²) in [7, 11) is 1.64. The van der Waals surface area contributed by atoms with Crippen molar-refractivity contribution in [3.05, 3.63) is 15.0 Å². The van der Waals surface area contributed by atoms with Gasteiger partial charge < -0.3 is 9.64 Å². The predicted octanol–water partition coefficient (Wildman–Crippen LogP) is 2.25. The lowest BCUT2D eigenvalue weighted by Gasteiger charge is -2.24. The van der Waals surface area contributed by atoms with Crippen LogP contribution in [0, 0.1) is 14.9 Å². The van der Waals surface area contributed by atoms with Gasteiger partial charge in [-0.15, -0.1) is 0 Å². The molecule has 98 valence electrons. The summed E-state index contributed by atoms with van der Waals surface area (Å²) in [5.74, 6) is 0. The lowest BCUT2D eigenvalue weighted by atomic mass is 10.2. The first-order valence-corrected chi connectivity index (χ1v) is 6.39. The monoisotopic (exact) mass is 362 g/mol. The Morgan fingerprint density at radius 1 is 1.61 bits per heavy atom. The van der Waals surface area contributed by atoms with E-state index in [2.05, 4.69) is 10.2 Å². The van der Waals surface area contributed by atoms with E-state index >= 15 is 0 Å². The molecule has 0 fully saturated rings. The van der Waals surface area contributed by atoms with Gasteiger partial charge >= 0.3 is 6.09 Å². The van der Waals surface area contributed by atoms with Gasteiger partial charge in [0.25, 0.3) is 0 Å². The molecule has 0 aliphatic heterocycles. The lowest BCUT2D eigenvalue weighted by molar-refractivity contribution is 0.0283. The van der Waals surface area contributed by atoms with Gasteiger partial charge in [0.1, 0.15) is 11.7 Å². The summed E-state index contributed by atoms with van der Waals surface area (Å²) in [6.45, 7) is 5.76. The first kappa shape index (κ1) is 14.8. The Balaban J connectivity index is 2.70. The van der Waals surface area contributed by atoms with Crippen LogP contribution in [0.25, 0.3) is 0 Å². The van der Waals surface area contributed by atoms with E-state index in [4.69, 9.17) is 10.00 Å². The van der Waals surface area contributed by atoms with Crippen molar-refractivity contribution in [2.75, 3.05) is 7.05 Å². The third kappa shape index (κ3) is 3.87. The molecule has 0 bridgehead atoms. The third-order valence-electron chi connectivity index (χ3n) is 1.98. The molecule has 0 aliphatic rings. The van der Waals surface area contributed by atoms with E-state index in [0.717, 1.165) is 9.26 Å². The van der Waals surface area contributed by atoms with Crippen molar-refractivity contribution < 1.29 is 9.53 Å². The minimum Gasteiger partial charge on any atom is -0.444 e. The molecule has 0 unspecified atom stereocenters. The SMILES string of the molecule is CN(Cc1[nH]nc(C#N)c1I)C(=O)OC(C)(C)C. The molecule has 0 saturated heterocycles. The molecule has 7 heteroatoms. The molecule has 0 spiro atoms. The van der Waals surface area contributed by atoms with Gasteiger partial charge in [-0.3, -0.25) is 5.10 Å². The molecule has 1 aromatic rings. The second kappa shape index (κ2) is 5.56. The lowest BCUT2D eigenvalue weighted by Crippen LogP contribution is -2.34. The van der Waals surface area contributed by atoms with E-state index in [1.807, 2.05) is 49.4 Å². The summed E-state index contributed by atoms with van der Waals surface area (Å²) < 4.78 is 5.96. The van der Waals surface area contributed by atoms with Crippen LogP contribution in [0.3, 0.4) is 0 Å². The van der Waals surface area contributed by atoms with Crippen LogP contribution in [-0.4, -0.2) is 33.8 Å². The summed E-state index contributed by atoms with van der Waals surface area (Å²) in [5.41, 5.74) is 0.535. The highest BCUT2D eigenvalue weighted by Crippen LogP contribution is 2.16. The van der Waals surface area contributed by atoms with Crippen molar-refractivity contribution in [2.45, 2.75) is 32.9 Å². The molecule has 0 aromatic carbocycles. The number of rotatable bonds is 2. The van der Waals surface area contributed by atoms with Crippen LogP contribution in [0.1, 0.15) is 32.2 Å². The van der Waals surface area contributed by atoms with Gasteiger partial charge in [-0.05, 0) is 43.4 Å². The number of H-pyrrole nitrogens is 1. The van der Waals surface area contributed by atoms with Gasteiger partial charge in [0, 0.05) is 7.05 Å². The zero-order chi connectivity index (χ0) is 13.9. The van der Waals surface area contributed by atoms with E-state index in [-0.39, 0.29) is 0 Å². The highest BCUT2D eigenvalue weighted by molar-refractivity contribution is 14.1. The maximum Gasteiger partial charge on any atom is 0.410 e. The summed E-state index contributed by atoms with van der Waals surface area (Å²) >= 11 is 2.03. The Kier molecular flexibility index (Phi) is 4.56. The van der Waals surface area contributed by atoms with Gasteiger partial charge in [-0.25, -0.2) is 4.79 Å². The molecule has 1 amide bonds. The zero-order valence-corrected chi connectivity index (χ0v) is 12.9. The quantitative estimate of drug-likeness (QED) is 0.819. The number of carbonyl (C=O) groups excluding carboxylic acids is 1. The fourth-order valence-electron chi connectivity index (χ4n) is 1.18. The Hall–Kier alpha value is -1.30. The van der Waals surface area contributed by atoms with Crippen molar-refractivity contribution in [2.24, 2.45) is 0 Å². The molecule has 1 heterocycles. The number of aromatic amines is 1. The predicted molar refractivity (Wildman–Crippen MR) is 73.7 cm³/mol. The average Bonchev–Trinajstić information content (AvgIpc) is 2.57. The molecule has 0 saturated carbocycles. The summed E-state index contributed by atoms with van der Waals surface area (Å²) in [6, 6.07) is 1.97. The molecule has 0 atom stereocenters. The molecule has 1 aromatic heterocycles. The molecule has 1 N–H and O–H groups in total. The number of hydrogen-bond donors (Lipinski definition) is 1. The molecular weight excluding hydrogens is 347 g/mol. The number of nitrogens with one attached hydrogen (secondary N) is 1. The maximum absolute atomic E-state index is 11.8. The minimum absolute atomic E-state index is 0.321. The van der Waals surface area contributed by atoms with Crippen LogP contribution < -0.4 is 0 Å². The summed E-state index contributed by atoms with van der Waals surface area (Å²) in [5, 5.41) is 15.4. The number of ether oxygens (including phenoxy) is 1. The minimum atomic E-state index is -0.524. The Labute approximate surface area is 119 Å². The van der Waals surface area contributed by atoms with Crippen molar-refractivity contribution >= 4 is 28.7 Å². The molecule has 0 aliphatic carbocycles. The normalized spacial score (nSPS) is 10.9. The molecule has 6 nitrogen and oxygen atoms in total. The van der Waals surface area contributed by atoms with Crippen LogP contribution >= 0.6 is 22.6 Å². The second-order valence-corrected chi connectivity index (χ2v) is 5.89. The highest BCUT2D eigenvalue weighted by atomic mass is 127. The Morgan fingerprint density at radius 3 is 2.67 bits per heavy atom. The van der Waals surface area contributed by atoms with Crippen molar-refractivity contribution in [3.63, 3.8) is 0 Å². The van der Waals surface area contributed by atoms with Crippen LogP contribution in [0.5, 0.6) is 0 Å². The molecule has 0 radical (unpaired) electrons. The Bertz CT molecular complexity index is 484. The highest BCUT2D eigenvalue weighted by Gasteiger charge is 2.21. The molecule has 1 rings (SSSR count). The van der Waals surface area contributed by atoms with Crippen LogP contribution in [0.15, 0.2) is 0 Å². The third-order valence-corrected chi connectivity index (χ3v) is 3.14. The summed E-state index contributed by atoms with van der Waals surface area (Å²) in [6.07, 6.45) is -0.411. The first-order chi connectivity index (χ1) is 8.24. The number of carbonyl (C=O) groups is 1. The number of amides is 1. The maximum atomic E-state index is 11.8. The van der Waals surface area contributed by atoms with E-state index in [9.17, 15) is 4.79 Å². The van der Waals surface area contributed by atoms with Crippen molar-refractivity contribution in [1.29, 1.82) is 5.26 Å². The van der Waals surface area contributed by atoms with Crippen LogP contribution in [0.4, 0.5) is 4.79 Å². The van der Waals surface area contributed by atoms with Gasteiger partial charge in [-0.1, -0.05) is 0 Å². The largest absolute Gasteiger partial charge is 0.444 e. The van der Waals surface area contributed by atoms with E-state index in [0.29, 0.717) is 12.2 Å². The number of nitriles is 1. The smallest absolute Gasteiger partial charge is 0.410 e. The Morgan fingerprint density at radius 2 is 2.22 bits per heavy atom. The van der Waals surface area contributed by atoms with Gasteiger partial charge in [0.2, 0.25) is 0 Å². The van der Waals surface area contributed by atoms with Crippen molar-refractivity contribution in [3.8, 4) is 6.07 Å². The fraction of sp³-hybridized carbons (Fsp3) is 0.545. The second-order valence-electron chi connectivity index (χ2n) is 4.81. The molecule has 18 heavy (non-hydrogen) atoms. The van der Waals surface area contributed by atoms with Crippen molar-refractivity contribution in [1.82, 2.24) is 15.1 Å². The topological polar surface area (TPSA) is 82.0 Å². The van der Waals surface area contributed by atoms with Crippen LogP contribution in [0.2, 0.25) is 0 Å². The number of hydrogen-bond acceptors (Lipinski definition) is 4. The van der Waals surface area contributed by atoms with E-state index in [1.54, 1.807) is 7.05 Å². The van der Waals surface area contributed by atoms with E-state index in [1.165, 1.54) is 4.90 Å². The van der Waals surface area contributed by atoms with Gasteiger partial charge in [0.05, 0.1) is 15.8 Å². The number of aromatic nitrogens is 2.